The summed E-state index contributed by atoms with van der Waals surface area (Å²) in [5.41, 5.74) is -0.209. The zero-order valence-corrected chi connectivity index (χ0v) is 12.6. The summed E-state index contributed by atoms with van der Waals surface area (Å²) in [6.07, 6.45) is -9.20. The van der Waals surface area contributed by atoms with Crippen LogP contribution in [0, 0.1) is 0 Å². The molecule has 1 aromatic rings. The summed E-state index contributed by atoms with van der Waals surface area (Å²) in [4.78, 5) is 11.1. The van der Waals surface area contributed by atoms with Crippen molar-refractivity contribution in [1.29, 1.82) is 0 Å². The molecule has 0 aromatic heterocycles. The van der Waals surface area contributed by atoms with Gasteiger partial charge in [-0.3, -0.25) is 4.79 Å². The normalized spacial score (nSPS) is 25.4. The van der Waals surface area contributed by atoms with Crippen LogP contribution in [0.1, 0.15) is 30.4 Å². The maximum absolute atomic E-state index is 12.6. The van der Waals surface area contributed by atoms with Gasteiger partial charge < -0.3 is 10.6 Å². The van der Waals surface area contributed by atoms with Gasteiger partial charge in [0.05, 0.1) is 5.56 Å². The minimum absolute atomic E-state index is 0.210. The molecule has 24 heavy (non-hydrogen) atoms. The van der Waals surface area contributed by atoms with Gasteiger partial charge >= 0.3 is 18.3 Å². The molecular formula is C15H16F6N2O. The molecule has 1 aliphatic heterocycles. The summed E-state index contributed by atoms with van der Waals surface area (Å²) < 4.78 is 74.8. The second kappa shape index (κ2) is 6.62. The second-order valence-electron chi connectivity index (χ2n) is 5.83. The van der Waals surface area contributed by atoms with Crippen LogP contribution in [-0.2, 0) is 11.0 Å². The van der Waals surface area contributed by atoms with E-state index in [1.54, 1.807) is 6.92 Å². The molecule has 2 N–H and O–H groups in total. The lowest BCUT2D eigenvalue weighted by Crippen LogP contribution is -2.56. The van der Waals surface area contributed by atoms with E-state index in [0.29, 0.717) is 12.1 Å². The number of carbonyl (C=O) groups is 1. The predicted octanol–water partition coefficient (Wildman–Crippen LogP) is 3.22. The van der Waals surface area contributed by atoms with Crippen LogP contribution in [0.3, 0.4) is 0 Å². The molecule has 2 rings (SSSR count). The lowest BCUT2D eigenvalue weighted by molar-refractivity contribution is -0.174. The van der Waals surface area contributed by atoms with Gasteiger partial charge in [0, 0.05) is 18.6 Å². The number of benzene rings is 1. The van der Waals surface area contributed by atoms with Crippen molar-refractivity contribution in [2.45, 2.75) is 43.7 Å². The zero-order valence-electron chi connectivity index (χ0n) is 12.6. The van der Waals surface area contributed by atoms with Crippen LogP contribution in [0.25, 0.3) is 0 Å². The number of carbonyl (C=O) groups excluding carboxylic acids is 1. The number of rotatable bonds is 2. The highest BCUT2D eigenvalue weighted by Gasteiger charge is 2.41. The van der Waals surface area contributed by atoms with Crippen LogP contribution in [0.5, 0.6) is 0 Å². The fourth-order valence-electron chi connectivity index (χ4n) is 2.70. The van der Waals surface area contributed by atoms with Gasteiger partial charge in [-0.25, -0.2) is 0 Å². The van der Waals surface area contributed by atoms with Crippen LogP contribution in [0.2, 0.25) is 0 Å². The highest BCUT2D eigenvalue weighted by Crippen LogP contribution is 2.32. The molecule has 0 aliphatic carbocycles. The maximum atomic E-state index is 12.6. The summed E-state index contributed by atoms with van der Waals surface area (Å²) >= 11 is 0. The molecule has 1 saturated heterocycles. The number of halogens is 6. The van der Waals surface area contributed by atoms with Gasteiger partial charge in [0.1, 0.15) is 0 Å². The van der Waals surface area contributed by atoms with Crippen LogP contribution in [0.4, 0.5) is 26.3 Å². The number of piperidine rings is 1. The Bertz CT molecular complexity index is 581. The van der Waals surface area contributed by atoms with Gasteiger partial charge in [-0.15, -0.1) is 0 Å². The SMILES string of the molecule is CC1NCC(c2ccc(C(F)(F)F)cc2)CC1NC(=O)C(F)(F)F. The van der Waals surface area contributed by atoms with E-state index in [-0.39, 0.29) is 18.4 Å². The summed E-state index contributed by atoms with van der Waals surface area (Å²) in [6, 6.07) is 3.37. The monoisotopic (exact) mass is 354 g/mol. The topological polar surface area (TPSA) is 41.1 Å². The van der Waals surface area contributed by atoms with Gasteiger partial charge in [0.15, 0.2) is 0 Å². The van der Waals surface area contributed by atoms with Crippen LogP contribution < -0.4 is 10.6 Å². The standard InChI is InChI=1S/C15H16F6N2O/c1-8-12(23-13(24)15(19,20)21)6-10(7-22-8)9-2-4-11(5-3-9)14(16,17)18/h2-5,8,10,12,22H,6-7H2,1H3,(H,23,24). The first-order valence-corrected chi connectivity index (χ1v) is 7.26. The van der Waals surface area contributed by atoms with Crippen molar-refractivity contribution in [3.63, 3.8) is 0 Å². The van der Waals surface area contributed by atoms with Gasteiger partial charge in [-0.2, -0.15) is 26.3 Å². The van der Waals surface area contributed by atoms with Crippen LogP contribution in [-0.4, -0.2) is 30.7 Å². The summed E-state index contributed by atoms with van der Waals surface area (Å²) in [7, 11) is 0. The third-order valence-electron chi connectivity index (χ3n) is 4.11. The van der Waals surface area contributed by atoms with E-state index in [9.17, 15) is 31.1 Å². The molecule has 0 spiro atoms. The number of hydrogen-bond acceptors (Lipinski definition) is 2. The lowest BCUT2D eigenvalue weighted by Gasteiger charge is -2.36. The van der Waals surface area contributed by atoms with Crippen molar-refractivity contribution in [1.82, 2.24) is 10.6 Å². The van der Waals surface area contributed by atoms with Crippen LogP contribution >= 0.6 is 0 Å². The zero-order chi connectivity index (χ0) is 18.1. The van der Waals surface area contributed by atoms with Gasteiger partial charge in [-0.05, 0) is 37.0 Å². The average Bonchev–Trinajstić information content (AvgIpc) is 2.47. The van der Waals surface area contributed by atoms with Crippen molar-refractivity contribution < 1.29 is 31.1 Å². The largest absolute Gasteiger partial charge is 0.471 e. The first-order valence-electron chi connectivity index (χ1n) is 7.26. The Balaban J connectivity index is 2.08. The van der Waals surface area contributed by atoms with E-state index in [4.69, 9.17) is 0 Å². The molecule has 1 heterocycles. The Morgan fingerprint density at radius 2 is 1.71 bits per heavy atom. The average molecular weight is 354 g/mol. The van der Waals surface area contributed by atoms with Gasteiger partial charge in [-0.1, -0.05) is 12.1 Å². The first kappa shape index (κ1) is 18.6. The van der Waals surface area contributed by atoms with E-state index >= 15 is 0 Å². The van der Waals surface area contributed by atoms with Crippen LogP contribution in [0.15, 0.2) is 24.3 Å². The molecule has 9 heteroatoms. The molecule has 1 aromatic carbocycles. The molecule has 3 unspecified atom stereocenters. The molecule has 134 valence electrons. The quantitative estimate of drug-likeness (QED) is 0.801. The molecule has 3 atom stereocenters. The Kier molecular flexibility index (Phi) is 5.12. The number of amides is 1. The Labute approximate surface area is 134 Å². The van der Waals surface area contributed by atoms with Crippen molar-refractivity contribution in [3.8, 4) is 0 Å². The van der Waals surface area contributed by atoms with E-state index in [1.165, 1.54) is 12.1 Å². The fourth-order valence-corrected chi connectivity index (χ4v) is 2.70. The molecule has 0 radical (unpaired) electrons. The maximum Gasteiger partial charge on any atom is 0.471 e. The molecule has 0 saturated carbocycles. The minimum Gasteiger partial charge on any atom is -0.344 e. The molecule has 3 nitrogen and oxygen atoms in total. The molecule has 1 fully saturated rings. The number of alkyl halides is 6. The summed E-state index contributed by atoms with van der Waals surface area (Å²) in [5, 5.41) is 4.92. The smallest absolute Gasteiger partial charge is 0.344 e. The lowest BCUT2D eigenvalue weighted by atomic mass is 9.85. The Morgan fingerprint density at radius 1 is 1.12 bits per heavy atom. The van der Waals surface area contributed by atoms with Crippen molar-refractivity contribution in [3.05, 3.63) is 35.4 Å². The summed E-state index contributed by atoms with van der Waals surface area (Å²) in [6.45, 7) is 2.05. The Morgan fingerprint density at radius 3 is 2.21 bits per heavy atom. The molecule has 1 aliphatic rings. The van der Waals surface area contributed by atoms with E-state index < -0.39 is 29.9 Å². The number of nitrogens with one attached hydrogen (secondary N) is 2. The fraction of sp³-hybridized carbons (Fsp3) is 0.533. The third kappa shape index (κ3) is 4.40. The van der Waals surface area contributed by atoms with E-state index in [2.05, 4.69) is 5.32 Å². The van der Waals surface area contributed by atoms with Crippen molar-refractivity contribution in [2.75, 3.05) is 6.54 Å². The number of hydrogen-bond donors (Lipinski definition) is 2. The Hall–Kier alpha value is -1.77. The molecule has 0 bridgehead atoms. The van der Waals surface area contributed by atoms with Crippen molar-refractivity contribution >= 4 is 5.91 Å². The minimum atomic E-state index is -4.97. The second-order valence-corrected chi connectivity index (χ2v) is 5.83. The highest BCUT2D eigenvalue weighted by atomic mass is 19.4. The molecular weight excluding hydrogens is 338 g/mol. The molecule has 1 amide bonds. The van der Waals surface area contributed by atoms with E-state index in [1.807, 2.05) is 5.32 Å². The van der Waals surface area contributed by atoms with Gasteiger partial charge in [0.25, 0.3) is 0 Å². The highest BCUT2D eigenvalue weighted by molar-refractivity contribution is 5.82. The van der Waals surface area contributed by atoms with Crippen molar-refractivity contribution in [2.24, 2.45) is 0 Å². The summed E-state index contributed by atoms with van der Waals surface area (Å²) in [5.74, 6) is -2.31. The van der Waals surface area contributed by atoms with Gasteiger partial charge in [0.2, 0.25) is 0 Å². The first-order chi connectivity index (χ1) is 11.0. The predicted molar refractivity (Wildman–Crippen MR) is 74.3 cm³/mol. The third-order valence-corrected chi connectivity index (χ3v) is 4.11. The van der Waals surface area contributed by atoms with E-state index in [0.717, 1.165) is 12.1 Å².